The van der Waals surface area contributed by atoms with Gasteiger partial charge in [0.25, 0.3) is 5.91 Å². The number of thiophene rings is 1. The molecule has 3 aromatic rings. The summed E-state index contributed by atoms with van der Waals surface area (Å²) >= 11 is 1.72. The molecule has 2 amide bonds. The average Bonchev–Trinajstić information content (AvgIpc) is 3.47. The van der Waals surface area contributed by atoms with Crippen molar-refractivity contribution in [3.8, 4) is 0 Å². The number of rotatable bonds is 13. The van der Waals surface area contributed by atoms with Crippen molar-refractivity contribution in [3.63, 3.8) is 0 Å². The number of fused-ring (bicyclic) bond motifs is 1. The molecule has 0 aliphatic rings. The Balaban J connectivity index is 1.88. The van der Waals surface area contributed by atoms with E-state index in [9.17, 15) is 9.59 Å². The molecule has 2 aromatic heterocycles. The van der Waals surface area contributed by atoms with Gasteiger partial charge in [0.05, 0.1) is 11.0 Å². The average molecular weight is 496 g/mol. The van der Waals surface area contributed by atoms with Crippen LogP contribution in [-0.2, 0) is 11.2 Å². The maximum Gasteiger partial charge on any atom is 0.252 e. The van der Waals surface area contributed by atoms with Crippen LogP contribution in [0.2, 0.25) is 0 Å². The van der Waals surface area contributed by atoms with E-state index in [1.165, 1.54) is 11.1 Å². The van der Waals surface area contributed by atoms with E-state index in [2.05, 4.69) is 46.6 Å². The zero-order chi connectivity index (χ0) is 25.4. The molecular formula is C27H37N5O2S. The first kappa shape index (κ1) is 26.6. The van der Waals surface area contributed by atoms with Crippen molar-refractivity contribution in [2.75, 3.05) is 6.54 Å². The van der Waals surface area contributed by atoms with Crippen LogP contribution in [0.3, 0.4) is 0 Å². The molecule has 188 valence electrons. The predicted octanol–water partition coefficient (Wildman–Crippen LogP) is 5.35. The van der Waals surface area contributed by atoms with Crippen molar-refractivity contribution >= 4 is 40.4 Å². The third kappa shape index (κ3) is 6.78. The van der Waals surface area contributed by atoms with E-state index in [4.69, 9.17) is 10.4 Å². The van der Waals surface area contributed by atoms with E-state index in [1.807, 2.05) is 32.0 Å². The third-order valence-corrected chi connectivity index (χ3v) is 7.04. The van der Waals surface area contributed by atoms with Gasteiger partial charge < -0.3 is 20.6 Å². The Hall–Kier alpha value is -3.00. The normalized spacial score (nSPS) is 12.3. The zero-order valence-electron chi connectivity index (χ0n) is 21.1. The Bertz CT molecular complexity index is 1130. The van der Waals surface area contributed by atoms with E-state index in [1.54, 1.807) is 11.3 Å². The summed E-state index contributed by atoms with van der Waals surface area (Å²) in [6.07, 6.45) is 5.05. The standard InChI is InChI=1S/C27H37N5O2S/c1-5-20(6-2)32-24-11-10-19(16-22(24)30-25(32)17-21-9-7-14-35-21)26(33)31-23(15-18(3)4)27(34)29-13-8-12-28/h7,9-12,14,16,18,20,23,28H,5-6,8,13,15,17H2,1-4H3,(H,29,34)(H,31,33)/t23-/m0/s1. The van der Waals surface area contributed by atoms with Crippen LogP contribution >= 0.6 is 11.3 Å². The summed E-state index contributed by atoms with van der Waals surface area (Å²) < 4.78 is 2.33. The molecule has 35 heavy (non-hydrogen) atoms. The quantitative estimate of drug-likeness (QED) is 0.220. The lowest BCUT2D eigenvalue weighted by molar-refractivity contribution is -0.123. The van der Waals surface area contributed by atoms with E-state index in [-0.39, 0.29) is 17.7 Å². The molecule has 0 spiro atoms. The van der Waals surface area contributed by atoms with Gasteiger partial charge in [0.2, 0.25) is 5.91 Å². The minimum absolute atomic E-state index is 0.216. The summed E-state index contributed by atoms with van der Waals surface area (Å²) in [5.41, 5.74) is 2.33. The lowest BCUT2D eigenvalue weighted by Crippen LogP contribution is -2.47. The molecule has 0 aliphatic heterocycles. The van der Waals surface area contributed by atoms with Crippen LogP contribution in [0.15, 0.2) is 35.7 Å². The van der Waals surface area contributed by atoms with Crippen LogP contribution < -0.4 is 10.6 Å². The number of nitrogens with zero attached hydrogens (tertiary/aromatic N) is 2. The number of hydrogen-bond acceptors (Lipinski definition) is 5. The topological polar surface area (TPSA) is 99.9 Å². The summed E-state index contributed by atoms with van der Waals surface area (Å²) in [4.78, 5) is 32.0. The van der Waals surface area contributed by atoms with Crippen molar-refractivity contribution in [1.29, 1.82) is 5.41 Å². The monoisotopic (exact) mass is 495 g/mol. The van der Waals surface area contributed by atoms with Gasteiger partial charge in [-0.3, -0.25) is 9.59 Å². The molecule has 0 saturated carbocycles. The van der Waals surface area contributed by atoms with Crippen molar-refractivity contribution in [1.82, 2.24) is 20.2 Å². The van der Waals surface area contributed by atoms with Gasteiger partial charge in [-0.2, -0.15) is 0 Å². The van der Waals surface area contributed by atoms with Crippen molar-refractivity contribution < 1.29 is 9.59 Å². The molecule has 0 aliphatic carbocycles. The molecule has 3 rings (SSSR count). The zero-order valence-corrected chi connectivity index (χ0v) is 22.0. The number of nitrogens with one attached hydrogen (secondary N) is 3. The summed E-state index contributed by atoms with van der Waals surface area (Å²) in [6.45, 7) is 8.82. The highest BCUT2D eigenvalue weighted by Crippen LogP contribution is 2.28. The molecule has 0 bridgehead atoms. The molecule has 1 aromatic carbocycles. The number of carbonyl (C=O) groups is 2. The van der Waals surface area contributed by atoms with Gasteiger partial charge in [-0.05, 0) is 67.5 Å². The molecule has 8 heteroatoms. The minimum Gasteiger partial charge on any atom is -0.354 e. The number of benzene rings is 1. The molecular weight excluding hydrogens is 458 g/mol. The number of hydrogen-bond donors (Lipinski definition) is 3. The van der Waals surface area contributed by atoms with Gasteiger partial charge in [0.1, 0.15) is 11.9 Å². The molecule has 1 atom stereocenters. The second-order valence-corrected chi connectivity index (χ2v) is 10.3. The van der Waals surface area contributed by atoms with E-state index >= 15 is 0 Å². The van der Waals surface area contributed by atoms with Gasteiger partial charge in [0, 0.05) is 29.4 Å². The van der Waals surface area contributed by atoms with Crippen LogP contribution in [0.5, 0.6) is 0 Å². The van der Waals surface area contributed by atoms with Crippen LogP contribution in [0.1, 0.15) is 80.5 Å². The maximum absolute atomic E-state index is 13.1. The van der Waals surface area contributed by atoms with Crippen molar-refractivity contribution in [2.45, 2.75) is 71.9 Å². The molecule has 0 fully saturated rings. The maximum atomic E-state index is 13.1. The molecule has 2 heterocycles. The number of carbonyl (C=O) groups excluding carboxylic acids is 2. The Morgan fingerprint density at radius 3 is 2.60 bits per heavy atom. The summed E-state index contributed by atoms with van der Waals surface area (Å²) in [6, 6.07) is 9.54. The fourth-order valence-corrected chi connectivity index (χ4v) is 5.08. The smallest absolute Gasteiger partial charge is 0.252 e. The van der Waals surface area contributed by atoms with Crippen LogP contribution in [0, 0.1) is 11.3 Å². The predicted molar refractivity (Wildman–Crippen MR) is 144 cm³/mol. The second kappa shape index (κ2) is 12.6. The van der Waals surface area contributed by atoms with E-state index < -0.39 is 6.04 Å². The lowest BCUT2D eigenvalue weighted by atomic mass is 10.0. The number of amides is 2. The van der Waals surface area contributed by atoms with E-state index in [0.717, 1.165) is 36.1 Å². The first-order valence-electron chi connectivity index (χ1n) is 12.5. The Kier molecular flexibility index (Phi) is 9.60. The van der Waals surface area contributed by atoms with Crippen LogP contribution in [-0.4, -0.2) is 40.2 Å². The largest absolute Gasteiger partial charge is 0.354 e. The van der Waals surface area contributed by atoms with Gasteiger partial charge in [0.15, 0.2) is 0 Å². The Morgan fingerprint density at radius 1 is 1.20 bits per heavy atom. The van der Waals surface area contributed by atoms with Gasteiger partial charge >= 0.3 is 0 Å². The van der Waals surface area contributed by atoms with Crippen molar-refractivity contribution in [2.24, 2.45) is 5.92 Å². The highest BCUT2D eigenvalue weighted by molar-refractivity contribution is 7.09. The molecule has 0 radical (unpaired) electrons. The van der Waals surface area contributed by atoms with Crippen LogP contribution in [0.4, 0.5) is 0 Å². The van der Waals surface area contributed by atoms with E-state index in [0.29, 0.717) is 31.0 Å². The number of aromatic nitrogens is 2. The minimum atomic E-state index is -0.625. The number of imidazole rings is 1. The third-order valence-electron chi connectivity index (χ3n) is 6.16. The molecule has 7 nitrogen and oxygen atoms in total. The first-order chi connectivity index (χ1) is 16.9. The fourth-order valence-electron chi connectivity index (χ4n) is 4.38. The van der Waals surface area contributed by atoms with Crippen molar-refractivity contribution in [3.05, 3.63) is 52.0 Å². The molecule has 0 saturated heterocycles. The van der Waals surface area contributed by atoms with Gasteiger partial charge in [-0.1, -0.05) is 33.8 Å². The van der Waals surface area contributed by atoms with Crippen LogP contribution in [0.25, 0.3) is 11.0 Å². The van der Waals surface area contributed by atoms with Gasteiger partial charge in [-0.25, -0.2) is 4.98 Å². The summed E-state index contributed by atoms with van der Waals surface area (Å²) in [5.74, 6) is 0.756. The second-order valence-electron chi connectivity index (χ2n) is 9.27. The highest BCUT2D eigenvalue weighted by atomic mass is 32.1. The Morgan fingerprint density at radius 2 is 1.97 bits per heavy atom. The molecule has 3 N–H and O–H groups in total. The Labute approximate surface area is 211 Å². The lowest BCUT2D eigenvalue weighted by Gasteiger charge is -2.20. The summed E-state index contributed by atoms with van der Waals surface area (Å²) in [7, 11) is 0. The SMILES string of the molecule is CCC(CC)n1c(Cc2cccs2)nc2cc(C(=O)N[C@@H](CC(C)C)C(=O)NCCC=N)ccc21. The van der Waals surface area contributed by atoms with Gasteiger partial charge in [-0.15, -0.1) is 11.3 Å². The summed E-state index contributed by atoms with van der Waals surface area (Å²) in [5, 5.41) is 14.9. The highest BCUT2D eigenvalue weighted by Gasteiger charge is 2.23. The first-order valence-corrected chi connectivity index (χ1v) is 13.4. The molecule has 0 unspecified atom stereocenters. The fraction of sp³-hybridized carbons (Fsp3) is 0.481.